The maximum absolute atomic E-state index is 10.7. The molecule has 0 bridgehead atoms. The molecule has 2 rings (SSSR count). The first-order chi connectivity index (χ1) is 7.16. The van der Waals surface area contributed by atoms with Gasteiger partial charge >= 0.3 is 5.97 Å². The molecule has 0 fully saturated rings. The zero-order valence-corrected chi connectivity index (χ0v) is 8.86. The lowest BCUT2D eigenvalue weighted by Crippen LogP contribution is -2.27. The maximum Gasteiger partial charge on any atom is 0.309 e. The Balaban J connectivity index is 2.47. The van der Waals surface area contributed by atoms with Gasteiger partial charge in [0, 0.05) is 12.2 Å². The van der Waals surface area contributed by atoms with E-state index < -0.39 is 5.97 Å². The summed E-state index contributed by atoms with van der Waals surface area (Å²) in [4.78, 5) is 17.7. The van der Waals surface area contributed by atoms with Crippen LogP contribution in [0.25, 0.3) is 0 Å². The standard InChI is InChI=1S/C9H11N3O2S/c13-8(14)3-6-5-1-2-10-4-7(5)12-9(15)11-6/h10H,1-4H2,(H,13,14)(H,11,12,15). The second-order valence-corrected chi connectivity index (χ2v) is 3.83. The zero-order valence-electron chi connectivity index (χ0n) is 8.04. The monoisotopic (exact) mass is 225 g/mol. The minimum absolute atomic E-state index is 0.0549. The highest BCUT2D eigenvalue weighted by atomic mass is 32.1. The van der Waals surface area contributed by atoms with Crippen molar-refractivity contribution >= 4 is 18.2 Å². The Bertz CT molecular complexity index is 455. The Morgan fingerprint density at radius 3 is 3.13 bits per heavy atom. The molecule has 0 spiro atoms. The number of rotatable bonds is 2. The molecular weight excluding hydrogens is 214 g/mol. The molecule has 0 saturated carbocycles. The molecule has 6 heteroatoms. The summed E-state index contributed by atoms with van der Waals surface area (Å²) < 4.78 is 0.355. The fraction of sp³-hybridized carbons (Fsp3) is 0.444. The van der Waals surface area contributed by atoms with E-state index in [1.54, 1.807) is 0 Å². The summed E-state index contributed by atoms with van der Waals surface area (Å²) >= 11 is 4.95. The first-order valence-corrected chi connectivity index (χ1v) is 5.11. The molecule has 0 atom stereocenters. The largest absolute Gasteiger partial charge is 0.481 e. The van der Waals surface area contributed by atoms with Crippen molar-refractivity contribution in [1.29, 1.82) is 0 Å². The number of nitrogens with zero attached hydrogens (tertiary/aromatic N) is 1. The summed E-state index contributed by atoms with van der Waals surface area (Å²) in [7, 11) is 0. The van der Waals surface area contributed by atoms with Gasteiger partial charge < -0.3 is 15.4 Å². The molecule has 1 aromatic heterocycles. The van der Waals surface area contributed by atoms with Gasteiger partial charge in [-0.1, -0.05) is 0 Å². The number of carbonyl (C=O) groups is 1. The minimum atomic E-state index is -0.871. The Morgan fingerprint density at radius 1 is 1.60 bits per heavy atom. The van der Waals surface area contributed by atoms with Crippen LogP contribution in [-0.4, -0.2) is 27.6 Å². The average molecular weight is 225 g/mol. The van der Waals surface area contributed by atoms with Crippen LogP contribution < -0.4 is 5.32 Å². The number of fused-ring (bicyclic) bond motifs is 1. The predicted molar refractivity (Wildman–Crippen MR) is 56.2 cm³/mol. The van der Waals surface area contributed by atoms with Crippen LogP contribution in [0.1, 0.15) is 17.0 Å². The van der Waals surface area contributed by atoms with Crippen molar-refractivity contribution in [1.82, 2.24) is 15.3 Å². The highest BCUT2D eigenvalue weighted by Gasteiger charge is 2.16. The predicted octanol–water partition coefficient (Wildman–Crippen LogP) is 0.412. The summed E-state index contributed by atoms with van der Waals surface area (Å²) in [6, 6.07) is 0. The smallest absolute Gasteiger partial charge is 0.309 e. The summed E-state index contributed by atoms with van der Waals surface area (Å²) in [6.07, 6.45) is 0.748. The van der Waals surface area contributed by atoms with E-state index in [9.17, 15) is 4.79 Å². The van der Waals surface area contributed by atoms with Crippen LogP contribution in [0.3, 0.4) is 0 Å². The molecule has 3 N–H and O–H groups in total. The quantitative estimate of drug-likeness (QED) is 0.635. The van der Waals surface area contributed by atoms with Crippen LogP contribution >= 0.6 is 12.2 Å². The summed E-state index contributed by atoms with van der Waals surface area (Å²) in [5.41, 5.74) is 2.57. The Labute approximate surface area is 91.6 Å². The van der Waals surface area contributed by atoms with E-state index in [1.165, 1.54) is 0 Å². The van der Waals surface area contributed by atoms with Crippen molar-refractivity contribution in [2.45, 2.75) is 19.4 Å². The van der Waals surface area contributed by atoms with E-state index in [-0.39, 0.29) is 6.42 Å². The minimum Gasteiger partial charge on any atom is -0.481 e. The summed E-state index contributed by atoms with van der Waals surface area (Å²) in [5, 5.41) is 12.0. The molecule has 5 nitrogen and oxygen atoms in total. The summed E-state index contributed by atoms with van der Waals surface area (Å²) in [5.74, 6) is -0.871. The Morgan fingerprint density at radius 2 is 2.40 bits per heavy atom. The molecule has 1 aromatic rings. The van der Waals surface area contributed by atoms with Gasteiger partial charge in [-0.3, -0.25) is 4.79 Å². The fourth-order valence-electron chi connectivity index (χ4n) is 1.76. The molecule has 0 aromatic carbocycles. The zero-order chi connectivity index (χ0) is 10.8. The number of nitrogens with one attached hydrogen (secondary N) is 2. The number of aromatic amines is 1. The van der Waals surface area contributed by atoms with Gasteiger partial charge in [-0.05, 0) is 30.7 Å². The van der Waals surface area contributed by atoms with Gasteiger partial charge in [0.2, 0.25) is 0 Å². The van der Waals surface area contributed by atoms with Gasteiger partial charge in [-0.2, -0.15) is 0 Å². The van der Waals surface area contributed by atoms with Crippen LogP contribution in [0.2, 0.25) is 0 Å². The molecule has 80 valence electrons. The SMILES string of the molecule is O=C(O)Cc1nc(=S)[nH]c2c1CCNC2. The van der Waals surface area contributed by atoms with Crippen molar-refractivity contribution in [3.63, 3.8) is 0 Å². The molecule has 0 saturated heterocycles. The van der Waals surface area contributed by atoms with E-state index in [4.69, 9.17) is 17.3 Å². The summed E-state index contributed by atoms with van der Waals surface area (Å²) in [6.45, 7) is 1.56. The van der Waals surface area contributed by atoms with Crippen LogP contribution in [0.4, 0.5) is 0 Å². The first-order valence-electron chi connectivity index (χ1n) is 4.70. The third kappa shape index (κ3) is 2.21. The van der Waals surface area contributed by atoms with Crippen LogP contribution in [0.15, 0.2) is 0 Å². The second-order valence-electron chi connectivity index (χ2n) is 3.44. The number of hydrogen-bond acceptors (Lipinski definition) is 4. The highest BCUT2D eigenvalue weighted by Crippen LogP contribution is 2.15. The van der Waals surface area contributed by atoms with E-state index in [0.29, 0.717) is 17.0 Å². The third-order valence-electron chi connectivity index (χ3n) is 2.38. The van der Waals surface area contributed by atoms with Crippen LogP contribution in [-0.2, 0) is 24.2 Å². The molecule has 1 aliphatic heterocycles. The Hall–Kier alpha value is -1.27. The molecule has 2 heterocycles. The molecule has 15 heavy (non-hydrogen) atoms. The highest BCUT2D eigenvalue weighted by molar-refractivity contribution is 7.71. The van der Waals surface area contributed by atoms with Crippen molar-refractivity contribution in [3.8, 4) is 0 Å². The number of carboxylic acid groups (broad SMARTS) is 1. The van der Waals surface area contributed by atoms with Gasteiger partial charge in [0.1, 0.15) is 0 Å². The number of H-pyrrole nitrogens is 1. The van der Waals surface area contributed by atoms with Crippen molar-refractivity contribution in [3.05, 3.63) is 21.7 Å². The van der Waals surface area contributed by atoms with Gasteiger partial charge in [-0.15, -0.1) is 0 Å². The van der Waals surface area contributed by atoms with Crippen molar-refractivity contribution < 1.29 is 9.90 Å². The van der Waals surface area contributed by atoms with Crippen LogP contribution in [0, 0.1) is 4.77 Å². The van der Waals surface area contributed by atoms with E-state index in [2.05, 4.69) is 15.3 Å². The first kappa shape index (κ1) is 10.3. The Kier molecular flexibility index (Phi) is 2.79. The molecule has 0 amide bonds. The van der Waals surface area contributed by atoms with Gasteiger partial charge in [-0.25, -0.2) is 4.98 Å². The van der Waals surface area contributed by atoms with Gasteiger partial charge in [0.15, 0.2) is 4.77 Å². The number of aliphatic carboxylic acids is 1. The maximum atomic E-state index is 10.7. The number of hydrogen-bond donors (Lipinski definition) is 3. The lowest BCUT2D eigenvalue weighted by atomic mass is 10.0. The fourth-order valence-corrected chi connectivity index (χ4v) is 1.99. The molecule has 0 unspecified atom stereocenters. The van der Waals surface area contributed by atoms with Crippen molar-refractivity contribution in [2.24, 2.45) is 0 Å². The van der Waals surface area contributed by atoms with E-state index in [0.717, 1.165) is 24.2 Å². The normalized spacial score (nSPS) is 14.7. The molecule has 0 radical (unpaired) electrons. The van der Waals surface area contributed by atoms with Gasteiger partial charge in [0.05, 0.1) is 12.1 Å². The molecule has 1 aliphatic rings. The van der Waals surface area contributed by atoms with Crippen LogP contribution in [0.5, 0.6) is 0 Å². The number of carboxylic acids is 1. The second kappa shape index (κ2) is 4.08. The van der Waals surface area contributed by atoms with E-state index in [1.807, 2.05) is 0 Å². The lowest BCUT2D eigenvalue weighted by Gasteiger charge is -2.18. The van der Waals surface area contributed by atoms with E-state index >= 15 is 0 Å². The third-order valence-corrected chi connectivity index (χ3v) is 2.57. The van der Waals surface area contributed by atoms with Crippen molar-refractivity contribution in [2.75, 3.05) is 6.54 Å². The van der Waals surface area contributed by atoms with Gasteiger partial charge in [0.25, 0.3) is 0 Å². The average Bonchev–Trinajstić information content (AvgIpc) is 2.16. The topological polar surface area (TPSA) is 78.0 Å². The lowest BCUT2D eigenvalue weighted by molar-refractivity contribution is -0.136. The number of aromatic nitrogens is 2. The molecule has 0 aliphatic carbocycles. The molecular formula is C9H11N3O2S.